The molecule has 0 fully saturated rings. The van der Waals surface area contributed by atoms with E-state index in [9.17, 15) is 18.0 Å². The molecule has 0 saturated carbocycles. The Kier molecular flexibility index (Phi) is 11.2. The molecule has 0 spiro atoms. The molecule has 0 saturated heterocycles. The maximum absolute atomic E-state index is 14.5. The van der Waals surface area contributed by atoms with Gasteiger partial charge >= 0.3 is 6.18 Å². The fraction of sp³-hybridized carbons (Fsp3) is 0.200. The summed E-state index contributed by atoms with van der Waals surface area (Å²) < 4.78 is 54.3. The molecular formula is C40H35BrF3N3O4. The van der Waals surface area contributed by atoms with Crippen molar-refractivity contribution in [2.45, 2.75) is 37.2 Å². The lowest BCUT2D eigenvalue weighted by atomic mass is 9.82. The maximum Gasteiger partial charge on any atom is 0.416 e. The molecule has 0 unspecified atom stereocenters. The standard InChI is InChI=1S/C40H35BrF3N3O4/c41-33-19-11-27(12-20-33)25-39(38(49)47-45-26-32-9-4-5-10-35(32)40(42,43)44)36(30-15-13-29(14-16-30)28-7-2-1-3-8-28)51-37(46-39)31-17-21-34(22-18-31)50-24-6-23-48/h1-5,7-22,36,45,48H,6,23-26H2,(H,47,49)/t36-,39-/m0/s1. The van der Waals surface area contributed by atoms with E-state index in [4.69, 9.17) is 19.6 Å². The molecule has 262 valence electrons. The van der Waals surface area contributed by atoms with Crippen LogP contribution in [0.15, 0.2) is 137 Å². The SMILES string of the molecule is O=C(NNCc1ccccc1C(F)(F)F)[C@@]1(Cc2ccc(Br)cc2)N=C(c2ccc(OCCCO)cc2)O[C@H]1c1ccc(-c2ccccc2)cc1. The normalized spacial score (nSPS) is 17.0. The molecule has 0 aliphatic carbocycles. The van der Waals surface area contributed by atoms with Gasteiger partial charge < -0.3 is 14.6 Å². The van der Waals surface area contributed by atoms with Crippen LogP contribution < -0.4 is 15.6 Å². The lowest BCUT2D eigenvalue weighted by molar-refractivity contribution is -0.138. The van der Waals surface area contributed by atoms with Crippen LogP contribution in [0.5, 0.6) is 5.75 Å². The Labute approximate surface area is 302 Å². The number of benzene rings is 5. The molecule has 1 amide bonds. The number of hydrazine groups is 1. The van der Waals surface area contributed by atoms with Gasteiger partial charge in [0.2, 0.25) is 5.90 Å². The fourth-order valence-corrected chi connectivity index (χ4v) is 6.22. The zero-order valence-corrected chi connectivity index (χ0v) is 29.0. The smallest absolute Gasteiger partial charge is 0.416 e. The Balaban J connectivity index is 1.38. The number of nitrogens with zero attached hydrogens (tertiary/aromatic N) is 1. The quantitative estimate of drug-likeness (QED) is 0.0832. The number of halogens is 4. The van der Waals surface area contributed by atoms with Crippen molar-refractivity contribution in [2.24, 2.45) is 4.99 Å². The van der Waals surface area contributed by atoms with E-state index in [1.54, 1.807) is 24.3 Å². The Morgan fingerprint density at radius 3 is 2.18 bits per heavy atom. The van der Waals surface area contributed by atoms with Gasteiger partial charge in [-0.15, -0.1) is 0 Å². The molecule has 1 aliphatic heterocycles. The summed E-state index contributed by atoms with van der Waals surface area (Å²) in [5.41, 5.74) is 7.11. The van der Waals surface area contributed by atoms with Crippen LogP contribution in [0, 0.1) is 0 Å². The number of rotatable bonds is 13. The Bertz CT molecular complexity index is 1960. The van der Waals surface area contributed by atoms with Gasteiger partial charge in [-0.25, -0.2) is 10.4 Å². The van der Waals surface area contributed by atoms with Crippen molar-refractivity contribution in [3.8, 4) is 16.9 Å². The van der Waals surface area contributed by atoms with Crippen LogP contribution in [0.2, 0.25) is 0 Å². The van der Waals surface area contributed by atoms with Crippen molar-refractivity contribution in [1.82, 2.24) is 10.9 Å². The van der Waals surface area contributed by atoms with Crippen LogP contribution in [0.4, 0.5) is 13.2 Å². The monoisotopic (exact) mass is 757 g/mol. The van der Waals surface area contributed by atoms with E-state index < -0.39 is 29.3 Å². The first-order chi connectivity index (χ1) is 24.7. The number of aliphatic hydroxyl groups excluding tert-OH is 1. The second-order valence-electron chi connectivity index (χ2n) is 12.0. The lowest BCUT2D eigenvalue weighted by Crippen LogP contribution is -2.53. The molecule has 2 atom stereocenters. The van der Waals surface area contributed by atoms with Crippen molar-refractivity contribution in [3.63, 3.8) is 0 Å². The van der Waals surface area contributed by atoms with Crippen LogP contribution in [0.3, 0.4) is 0 Å². The van der Waals surface area contributed by atoms with Crippen molar-refractivity contribution < 1.29 is 32.5 Å². The molecule has 5 aromatic carbocycles. The minimum absolute atomic E-state index is 0.0165. The maximum atomic E-state index is 14.5. The number of carbonyl (C=O) groups excluding carboxylic acids is 1. The summed E-state index contributed by atoms with van der Waals surface area (Å²) in [6.07, 6.45) is -4.86. The molecule has 0 bridgehead atoms. The van der Waals surface area contributed by atoms with Gasteiger partial charge in [-0.1, -0.05) is 101 Å². The van der Waals surface area contributed by atoms with Gasteiger partial charge in [0.25, 0.3) is 5.91 Å². The highest BCUT2D eigenvalue weighted by molar-refractivity contribution is 9.10. The third kappa shape index (κ3) is 8.50. The number of aliphatic imine (C=N–C) groups is 1. The average Bonchev–Trinajstić information content (AvgIpc) is 3.53. The highest BCUT2D eigenvalue weighted by atomic mass is 79.9. The summed E-state index contributed by atoms with van der Waals surface area (Å²) in [5.74, 6) is 0.246. The second kappa shape index (κ2) is 15.9. The number of aliphatic hydroxyl groups is 1. The van der Waals surface area contributed by atoms with Gasteiger partial charge in [0.15, 0.2) is 11.6 Å². The molecule has 0 aromatic heterocycles. The molecule has 3 N–H and O–H groups in total. The summed E-state index contributed by atoms with van der Waals surface area (Å²) in [5, 5.41) is 9.10. The number of hydrogen-bond acceptors (Lipinski definition) is 6. The fourth-order valence-electron chi connectivity index (χ4n) is 5.96. The Morgan fingerprint density at radius 1 is 0.843 bits per heavy atom. The lowest BCUT2D eigenvalue weighted by Gasteiger charge is -2.31. The molecule has 1 heterocycles. The predicted octanol–water partition coefficient (Wildman–Crippen LogP) is 8.22. The second-order valence-corrected chi connectivity index (χ2v) is 13.0. The topological polar surface area (TPSA) is 92.2 Å². The molecule has 1 aliphatic rings. The van der Waals surface area contributed by atoms with E-state index >= 15 is 0 Å². The van der Waals surface area contributed by atoms with Gasteiger partial charge in [0.1, 0.15) is 5.75 Å². The van der Waals surface area contributed by atoms with E-state index in [1.165, 1.54) is 18.2 Å². The number of carbonyl (C=O) groups is 1. The molecule has 6 rings (SSSR count). The number of hydrogen-bond donors (Lipinski definition) is 3. The van der Waals surface area contributed by atoms with Crippen LogP contribution in [0.25, 0.3) is 11.1 Å². The summed E-state index contributed by atoms with van der Waals surface area (Å²) in [7, 11) is 0. The van der Waals surface area contributed by atoms with Gasteiger partial charge in [-0.3, -0.25) is 10.2 Å². The minimum atomic E-state index is -4.56. The number of alkyl halides is 3. The first-order valence-electron chi connectivity index (χ1n) is 16.3. The third-order valence-corrected chi connectivity index (χ3v) is 9.07. The van der Waals surface area contributed by atoms with E-state index in [0.717, 1.165) is 27.2 Å². The first-order valence-corrected chi connectivity index (χ1v) is 17.1. The molecule has 11 heteroatoms. The summed E-state index contributed by atoms with van der Waals surface area (Å²) in [6.45, 7) is 0.0926. The van der Waals surface area contributed by atoms with Crippen molar-refractivity contribution >= 4 is 27.7 Å². The largest absolute Gasteiger partial charge is 0.494 e. The van der Waals surface area contributed by atoms with Gasteiger partial charge in [-0.05, 0) is 70.3 Å². The molecule has 7 nitrogen and oxygen atoms in total. The Hall–Kier alpha value is -4.97. The molecule has 0 radical (unpaired) electrons. The number of amides is 1. The zero-order chi connectivity index (χ0) is 35.8. The number of ether oxygens (including phenoxy) is 2. The summed E-state index contributed by atoms with van der Waals surface area (Å²) in [6, 6.07) is 37.4. The predicted molar refractivity (Wildman–Crippen MR) is 193 cm³/mol. The Morgan fingerprint density at radius 2 is 1.49 bits per heavy atom. The minimum Gasteiger partial charge on any atom is -0.494 e. The van der Waals surface area contributed by atoms with Crippen molar-refractivity contribution in [3.05, 3.63) is 160 Å². The summed E-state index contributed by atoms with van der Waals surface area (Å²) in [4.78, 5) is 19.5. The molecule has 51 heavy (non-hydrogen) atoms. The molecular weight excluding hydrogens is 723 g/mol. The third-order valence-electron chi connectivity index (χ3n) is 8.54. The van der Waals surface area contributed by atoms with Crippen LogP contribution in [-0.4, -0.2) is 35.7 Å². The van der Waals surface area contributed by atoms with E-state index in [2.05, 4.69) is 26.8 Å². The zero-order valence-electron chi connectivity index (χ0n) is 27.4. The van der Waals surface area contributed by atoms with Crippen molar-refractivity contribution in [2.75, 3.05) is 13.2 Å². The molecule has 5 aromatic rings. The van der Waals surface area contributed by atoms with Gasteiger partial charge in [-0.2, -0.15) is 13.2 Å². The van der Waals surface area contributed by atoms with Gasteiger partial charge in [0, 0.05) is 36.0 Å². The van der Waals surface area contributed by atoms with E-state index in [1.807, 2.05) is 78.9 Å². The van der Waals surface area contributed by atoms with Gasteiger partial charge in [0.05, 0.1) is 12.2 Å². The van der Waals surface area contributed by atoms with Crippen molar-refractivity contribution in [1.29, 1.82) is 0 Å². The highest BCUT2D eigenvalue weighted by Crippen LogP contribution is 2.43. The summed E-state index contributed by atoms with van der Waals surface area (Å²) >= 11 is 3.47. The van der Waals surface area contributed by atoms with Crippen LogP contribution >= 0.6 is 15.9 Å². The first kappa shape index (κ1) is 35.8. The highest BCUT2D eigenvalue weighted by Gasteiger charge is 2.53. The van der Waals surface area contributed by atoms with Crippen LogP contribution in [0.1, 0.15) is 40.3 Å². The van der Waals surface area contributed by atoms with E-state index in [0.29, 0.717) is 29.9 Å². The van der Waals surface area contributed by atoms with Crippen LogP contribution in [-0.2, 0) is 28.7 Å². The van der Waals surface area contributed by atoms with E-state index in [-0.39, 0.29) is 31.0 Å². The average molecular weight is 759 g/mol. The number of nitrogens with one attached hydrogen (secondary N) is 2.